The highest BCUT2D eigenvalue weighted by molar-refractivity contribution is 5.88. The molecular formula is C28H42N2O5. The Hall–Kier alpha value is -2.51. The fraction of sp³-hybridized carbons (Fsp3) is 0.607. The van der Waals surface area contributed by atoms with Crippen LogP contribution in [0.2, 0.25) is 0 Å². The Morgan fingerprint density at radius 1 is 1.20 bits per heavy atom. The molecule has 0 saturated heterocycles. The number of aromatic nitrogens is 1. The van der Waals surface area contributed by atoms with E-state index in [-0.39, 0.29) is 36.0 Å². The van der Waals surface area contributed by atoms with Crippen molar-refractivity contribution >= 4 is 17.8 Å². The van der Waals surface area contributed by atoms with Gasteiger partial charge in [0.15, 0.2) is 5.89 Å². The number of ketones is 1. The van der Waals surface area contributed by atoms with Crippen LogP contribution < -0.4 is 5.32 Å². The smallest absolute Gasteiger partial charge is 0.223 e. The van der Waals surface area contributed by atoms with Gasteiger partial charge in [-0.15, -0.1) is 0 Å². The van der Waals surface area contributed by atoms with Gasteiger partial charge in [-0.05, 0) is 43.8 Å². The van der Waals surface area contributed by atoms with Gasteiger partial charge in [0.25, 0.3) is 0 Å². The number of aliphatic hydroxyl groups is 2. The second kappa shape index (κ2) is 12.0. The van der Waals surface area contributed by atoms with Crippen LogP contribution in [0.4, 0.5) is 0 Å². The minimum absolute atomic E-state index is 0.0597. The lowest BCUT2D eigenvalue weighted by molar-refractivity contribution is -0.143. The van der Waals surface area contributed by atoms with Crippen molar-refractivity contribution in [3.8, 4) is 0 Å². The van der Waals surface area contributed by atoms with Crippen molar-refractivity contribution < 1.29 is 24.2 Å². The maximum atomic E-state index is 13.2. The number of allylic oxidation sites excluding steroid dienone is 3. The van der Waals surface area contributed by atoms with Crippen molar-refractivity contribution in [3.05, 3.63) is 47.2 Å². The van der Waals surface area contributed by atoms with Crippen molar-refractivity contribution in [2.45, 2.75) is 86.5 Å². The summed E-state index contributed by atoms with van der Waals surface area (Å²) in [6.45, 7) is 14.6. The molecule has 7 heteroatoms. The highest BCUT2D eigenvalue weighted by Gasteiger charge is 2.42. The molecule has 2 heterocycles. The van der Waals surface area contributed by atoms with E-state index >= 15 is 0 Å². The summed E-state index contributed by atoms with van der Waals surface area (Å²) in [7, 11) is 0. The summed E-state index contributed by atoms with van der Waals surface area (Å²) in [5.41, 5.74) is 1.40. The molecule has 0 radical (unpaired) electrons. The zero-order chi connectivity index (χ0) is 26.5. The van der Waals surface area contributed by atoms with Crippen molar-refractivity contribution in [3.63, 3.8) is 0 Å². The molecule has 0 saturated carbocycles. The topological polar surface area (TPSA) is 113 Å². The Labute approximate surface area is 209 Å². The second-order valence-electron chi connectivity index (χ2n) is 10.7. The predicted octanol–water partition coefficient (Wildman–Crippen LogP) is 4.39. The molecule has 1 aromatic heterocycles. The van der Waals surface area contributed by atoms with Crippen LogP contribution in [0.1, 0.15) is 72.9 Å². The zero-order valence-electron chi connectivity index (χ0n) is 22.3. The lowest BCUT2D eigenvalue weighted by atomic mass is 9.73. The number of nitrogens with one attached hydrogen (secondary N) is 1. The molecule has 3 N–H and O–H groups in total. The summed E-state index contributed by atoms with van der Waals surface area (Å²) >= 11 is 0. The Morgan fingerprint density at radius 3 is 2.46 bits per heavy atom. The summed E-state index contributed by atoms with van der Waals surface area (Å²) in [4.78, 5) is 30.6. The third kappa shape index (κ3) is 7.48. The van der Waals surface area contributed by atoms with Gasteiger partial charge in [0.1, 0.15) is 17.7 Å². The van der Waals surface area contributed by atoms with Gasteiger partial charge in [-0.3, -0.25) is 9.59 Å². The first-order valence-corrected chi connectivity index (χ1v) is 12.4. The van der Waals surface area contributed by atoms with Crippen molar-refractivity contribution in [1.82, 2.24) is 10.3 Å². The van der Waals surface area contributed by atoms with E-state index in [2.05, 4.69) is 16.4 Å². The minimum Gasteiger partial charge on any atom is -0.449 e. The van der Waals surface area contributed by atoms with Crippen LogP contribution in [0.25, 0.3) is 6.08 Å². The van der Waals surface area contributed by atoms with E-state index in [1.54, 1.807) is 34.0 Å². The lowest BCUT2D eigenvalue weighted by Gasteiger charge is -2.34. The number of hydrogen-bond acceptors (Lipinski definition) is 6. The number of hydrogen-bond donors (Lipinski definition) is 3. The van der Waals surface area contributed by atoms with E-state index in [1.807, 2.05) is 45.9 Å². The molecule has 0 aromatic carbocycles. The predicted molar refractivity (Wildman–Crippen MR) is 137 cm³/mol. The second-order valence-corrected chi connectivity index (χ2v) is 10.7. The van der Waals surface area contributed by atoms with Crippen LogP contribution in [0.5, 0.6) is 0 Å². The molecule has 1 aromatic rings. The summed E-state index contributed by atoms with van der Waals surface area (Å²) in [6.07, 6.45) is 7.90. The zero-order valence-corrected chi connectivity index (χ0v) is 22.3. The number of amides is 1. The van der Waals surface area contributed by atoms with Crippen molar-refractivity contribution in [1.29, 1.82) is 0 Å². The number of aliphatic hydroxyl groups excluding tert-OH is 2. The minimum atomic E-state index is -1.19. The van der Waals surface area contributed by atoms with Gasteiger partial charge >= 0.3 is 0 Å². The normalized spacial score (nSPS) is 31.7. The standard InChI is InChI=1S/C28H42N2O5/c1-16-10-9-11-17(2)26(33)20(5)27(34)28(7,8)23(31)14-24(32)30-25(18(3)12-16)19(4)13-22-15-35-21(6)29-22/h9-10,12-13,15,17-18,20,23,25-26,31,33H,11,14H2,1-8H3,(H,30,32)/t17-,18-,20+,23-,25-,26-/m0/s1. The maximum Gasteiger partial charge on any atom is 0.223 e. The van der Waals surface area contributed by atoms with Crippen molar-refractivity contribution in [2.24, 2.45) is 23.2 Å². The van der Waals surface area contributed by atoms with E-state index in [1.165, 1.54) is 0 Å². The molecule has 1 aliphatic heterocycles. The SMILES string of the molecule is CC1=C[C@H](C)[C@@H](C(C)=Cc2coc(C)n2)NC(=O)C[C@H](O)C(C)(C)C(=O)[C@H](C)[C@@H](O)[C@@H](C)CC=C1. The number of carbonyl (C=O) groups is 2. The molecule has 0 aliphatic carbocycles. The molecule has 1 amide bonds. The van der Waals surface area contributed by atoms with Gasteiger partial charge in [-0.1, -0.05) is 58.4 Å². The van der Waals surface area contributed by atoms with Gasteiger partial charge in [0.05, 0.1) is 30.1 Å². The van der Waals surface area contributed by atoms with Gasteiger partial charge in [-0.25, -0.2) is 4.98 Å². The molecule has 7 nitrogen and oxygen atoms in total. The molecule has 6 atom stereocenters. The fourth-order valence-corrected chi connectivity index (χ4v) is 4.67. The average molecular weight is 487 g/mol. The summed E-state index contributed by atoms with van der Waals surface area (Å²) in [6, 6.07) is -0.346. The monoisotopic (exact) mass is 486 g/mol. The third-order valence-corrected chi connectivity index (χ3v) is 7.12. The quantitative estimate of drug-likeness (QED) is 0.571. The molecule has 2 rings (SSSR count). The largest absolute Gasteiger partial charge is 0.449 e. The molecule has 194 valence electrons. The molecule has 0 unspecified atom stereocenters. The van der Waals surface area contributed by atoms with E-state index in [0.29, 0.717) is 18.0 Å². The number of aryl methyl sites for hydroxylation is 1. The lowest BCUT2D eigenvalue weighted by Crippen LogP contribution is -2.47. The van der Waals surface area contributed by atoms with Crippen LogP contribution in [0.3, 0.4) is 0 Å². The molecule has 1 aliphatic rings. The number of rotatable bonds is 2. The highest BCUT2D eigenvalue weighted by atomic mass is 16.3. The highest BCUT2D eigenvalue weighted by Crippen LogP contribution is 2.31. The average Bonchev–Trinajstić information content (AvgIpc) is 3.19. The van der Waals surface area contributed by atoms with Gasteiger partial charge < -0.3 is 19.9 Å². The summed E-state index contributed by atoms with van der Waals surface area (Å²) in [5.74, 6) is -0.914. The summed E-state index contributed by atoms with van der Waals surface area (Å²) < 4.78 is 5.30. The van der Waals surface area contributed by atoms with Crippen LogP contribution >= 0.6 is 0 Å². The number of oxazole rings is 1. The Bertz CT molecular complexity index is 987. The molecular weight excluding hydrogens is 444 g/mol. The van der Waals surface area contributed by atoms with Crippen LogP contribution in [0.15, 0.2) is 40.1 Å². The Morgan fingerprint density at radius 2 is 1.86 bits per heavy atom. The van der Waals surface area contributed by atoms with E-state index in [4.69, 9.17) is 4.42 Å². The summed E-state index contributed by atoms with van der Waals surface area (Å²) in [5, 5.41) is 24.7. The molecule has 0 bridgehead atoms. The van der Waals surface area contributed by atoms with Gasteiger partial charge in [-0.2, -0.15) is 0 Å². The van der Waals surface area contributed by atoms with Crippen LogP contribution in [-0.2, 0) is 9.59 Å². The van der Waals surface area contributed by atoms with Gasteiger partial charge in [0.2, 0.25) is 5.91 Å². The fourth-order valence-electron chi connectivity index (χ4n) is 4.67. The molecule has 35 heavy (non-hydrogen) atoms. The molecule has 0 fully saturated rings. The number of carbonyl (C=O) groups excluding carboxylic acids is 2. The Kier molecular flexibility index (Phi) is 9.81. The van der Waals surface area contributed by atoms with E-state index in [9.17, 15) is 19.8 Å². The third-order valence-electron chi connectivity index (χ3n) is 7.12. The van der Waals surface area contributed by atoms with Crippen LogP contribution in [0, 0.1) is 30.1 Å². The van der Waals surface area contributed by atoms with Crippen LogP contribution in [-0.4, -0.2) is 45.1 Å². The first kappa shape index (κ1) is 28.7. The van der Waals surface area contributed by atoms with E-state index in [0.717, 1.165) is 11.1 Å². The maximum absolute atomic E-state index is 13.2. The van der Waals surface area contributed by atoms with Gasteiger partial charge in [0, 0.05) is 12.8 Å². The van der Waals surface area contributed by atoms with E-state index < -0.39 is 23.5 Å². The molecule has 0 spiro atoms. The number of Topliss-reactive ketones (excluding diaryl/α,β-unsaturated/α-hetero) is 1. The van der Waals surface area contributed by atoms with Crippen molar-refractivity contribution in [2.75, 3.05) is 0 Å². The number of nitrogens with zero attached hydrogens (tertiary/aromatic N) is 1. The Balaban J connectivity index is 2.45. The first-order chi connectivity index (χ1) is 16.2. The first-order valence-electron chi connectivity index (χ1n) is 12.4.